The van der Waals surface area contributed by atoms with Crippen molar-refractivity contribution in [2.24, 2.45) is 0 Å². The highest BCUT2D eigenvalue weighted by molar-refractivity contribution is 6.31. The molecule has 1 aromatic heterocycles. The van der Waals surface area contributed by atoms with Crippen molar-refractivity contribution < 1.29 is 50.2 Å². The van der Waals surface area contributed by atoms with Crippen LogP contribution < -0.4 is 15.6 Å². The Labute approximate surface area is 259 Å². The fourth-order valence-corrected chi connectivity index (χ4v) is 5.53. The van der Waals surface area contributed by atoms with E-state index in [4.69, 9.17) is 16.3 Å². The molecule has 7 nitrogen and oxygen atoms in total. The van der Waals surface area contributed by atoms with E-state index < -0.39 is 75.8 Å². The number of benzene rings is 3. The van der Waals surface area contributed by atoms with E-state index in [1.54, 1.807) is 13.0 Å². The molecule has 1 aliphatic heterocycles. The number of halogens is 8. The lowest BCUT2D eigenvalue weighted by Crippen LogP contribution is -2.40. The summed E-state index contributed by atoms with van der Waals surface area (Å²) in [6, 6.07) is 7.69. The average molecular weight is 669 g/mol. The predicted octanol–water partition coefficient (Wildman–Crippen LogP) is 7.68. The van der Waals surface area contributed by atoms with Crippen LogP contribution in [0.25, 0.3) is 11.1 Å². The predicted molar refractivity (Wildman–Crippen MR) is 150 cm³/mol. The fourth-order valence-electron chi connectivity index (χ4n) is 5.27. The van der Waals surface area contributed by atoms with E-state index in [9.17, 15) is 45.8 Å². The molecule has 15 heteroatoms. The van der Waals surface area contributed by atoms with E-state index in [0.29, 0.717) is 22.4 Å². The first-order valence-corrected chi connectivity index (χ1v) is 13.6. The van der Waals surface area contributed by atoms with Gasteiger partial charge in [0.05, 0.1) is 28.6 Å². The van der Waals surface area contributed by atoms with Crippen molar-refractivity contribution in [3.63, 3.8) is 0 Å². The number of nitrogens with zero attached hydrogens (tertiary/aromatic N) is 1. The van der Waals surface area contributed by atoms with Crippen LogP contribution in [-0.2, 0) is 21.9 Å². The SMILES string of the molecule is Cc1cccc2c1-c1cc(c(F)c(C(F)(F)F)c1)C(CC(=O)O)NC(=O)C(n1cc(Cl)c(C(F)(F)F)cc1=O)c1cccc(c1)O2. The second-order valence-corrected chi connectivity index (χ2v) is 10.8. The number of amides is 1. The molecule has 0 spiro atoms. The minimum Gasteiger partial charge on any atom is -0.481 e. The summed E-state index contributed by atoms with van der Waals surface area (Å²) in [5.41, 5.74) is -5.23. The molecule has 0 radical (unpaired) electrons. The summed E-state index contributed by atoms with van der Waals surface area (Å²) in [5.74, 6) is -4.76. The second kappa shape index (κ2) is 11.8. The molecule has 1 aliphatic rings. The number of carbonyl (C=O) groups is 2. The molecule has 0 saturated heterocycles. The van der Waals surface area contributed by atoms with Crippen LogP contribution in [0, 0.1) is 12.7 Å². The Morgan fingerprint density at radius 3 is 2.30 bits per heavy atom. The Morgan fingerprint density at radius 1 is 0.978 bits per heavy atom. The van der Waals surface area contributed by atoms with Gasteiger partial charge in [0.2, 0.25) is 5.91 Å². The number of hydrogen-bond donors (Lipinski definition) is 2. The maximum absolute atomic E-state index is 15.7. The number of nitrogens with one attached hydrogen (secondary N) is 1. The van der Waals surface area contributed by atoms with Crippen molar-refractivity contribution >= 4 is 23.5 Å². The zero-order valence-electron chi connectivity index (χ0n) is 23.3. The third-order valence-corrected chi connectivity index (χ3v) is 7.57. The molecule has 0 aliphatic carbocycles. The first-order valence-electron chi connectivity index (χ1n) is 13.2. The molecule has 5 rings (SSSR count). The highest BCUT2D eigenvalue weighted by Gasteiger charge is 2.39. The molecule has 2 unspecified atom stereocenters. The standard InChI is InChI=1S/C31H20ClF7N2O5/c1-14-4-2-7-23-26(14)16-9-18(27(33)20(10-16)31(37,38)39)22(12-25(43)44)40-29(45)28(15-5-3-6-17(8-15)46-23)41-13-21(32)19(11-24(41)42)30(34,35)36/h2-11,13,22,28H,12H2,1H3,(H,40,45)(H,43,44). The van der Waals surface area contributed by atoms with Crippen LogP contribution >= 0.6 is 11.6 Å². The van der Waals surface area contributed by atoms with Gasteiger partial charge < -0.3 is 15.2 Å². The minimum atomic E-state index is -5.26. The number of carboxylic acids is 1. The summed E-state index contributed by atoms with van der Waals surface area (Å²) in [5, 5.41) is 10.9. The fraction of sp³-hybridized carbons (Fsp3) is 0.194. The zero-order chi connectivity index (χ0) is 33.7. The lowest BCUT2D eigenvalue weighted by molar-refractivity contribution is -0.140. The van der Waals surface area contributed by atoms with E-state index in [0.717, 1.165) is 6.07 Å². The molecule has 4 aromatic rings. The lowest BCUT2D eigenvalue weighted by Gasteiger charge is -2.26. The van der Waals surface area contributed by atoms with Gasteiger partial charge in [-0.1, -0.05) is 35.9 Å². The molecule has 4 bridgehead atoms. The topological polar surface area (TPSA) is 97.6 Å². The number of hydrogen-bond acceptors (Lipinski definition) is 4. The molecular formula is C31H20ClF7N2O5. The summed E-state index contributed by atoms with van der Waals surface area (Å²) in [7, 11) is 0. The number of ether oxygens (including phenoxy) is 1. The smallest absolute Gasteiger partial charge is 0.419 e. The quantitative estimate of drug-likeness (QED) is 0.218. The molecule has 2 N–H and O–H groups in total. The number of carbonyl (C=O) groups excluding carboxylic acids is 1. The first-order chi connectivity index (χ1) is 21.5. The van der Waals surface area contributed by atoms with Gasteiger partial charge in [0.25, 0.3) is 5.56 Å². The average Bonchev–Trinajstić information content (AvgIpc) is 2.93. The minimum absolute atomic E-state index is 0.00226. The summed E-state index contributed by atoms with van der Waals surface area (Å²) >= 11 is 5.86. The van der Waals surface area contributed by atoms with Crippen LogP contribution in [0.5, 0.6) is 11.5 Å². The lowest BCUT2D eigenvalue weighted by atomic mass is 9.91. The summed E-state index contributed by atoms with van der Waals surface area (Å²) in [6.45, 7) is 1.56. The molecule has 2 atom stereocenters. The van der Waals surface area contributed by atoms with E-state index in [1.807, 2.05) is 0 Å². The monoisotopic (exact) mass is 668 g/mol. The number of fused-ring (bicyclic) bond motifs is 6. The van der Waals surface area contributed by atoms with Crippen LogP contribution in [-0.4, -0.2) is 21.6 Å². The van der Waals surface area contributed by atoms with Crippen molar-refractivity contribution in [1.29, 1.82) is 0 Å². The van der Waals surface area contributed by atoms with Crippen molar-refractivity contribution in [3.05, 3.63) is 116 Å². The van der Waals surface area contributed by atoms with E-state index in [2.05, 4.69) is 5.32 Å². The highest BCUT2D eigenvalue weighted by Crippen LogP contribution is 2.43. The van der Waals surface area contributed by atoms with Crippen molar-refractivity contribution in [3.8, 4) is 22.6 Å². The third kappa shape index (κ3) is 6.29. The Morgan fingerprint density at radius 2 is 1.65 bits per heavy atom. The van der Waals surface area contributed by atoms with E-state index in [1.165, 1.54) is 36.4 Å². The third-order valence-electron chi connectivity index (χ3n) is 7.27. The van der Waals surface area contributed by atoms with Crippen molar-refractivity contribution in [1.82, 2.24) is 9.88 Å². The van der Waals surface area contributed by atoms with Crippen LogP contribution in [0.3, 0.4) is 0 Å². The maximum Gasteiger partial charge on any atom is 0.419 e. The van der Waals surface area contributed by atoms with E-state index >= 15 is 4.39 Å². The van der Waals surface area contributed by atoms with Gasteiger partial charge in [-0.25, -0.2) is 4.39 Å². The van der Waals surface area contributed by atoms with Crippen LogP contribution in [0.2, 0.25) is 5.02 Å². The first kappa shape index (κ1) is 32.5. The van der Waals surface area contributed by atoms with Gasteiger partial charge in [-0.3, -0.25) is 19.0 Å². The number of pyridine rings is 1. The van der Waals surface area contributed by atoms with Gasteiger partial charge in [-0.15, -0.1) is 0 Å². The number of carboxylic acid groups (broad SMARTS) is 1. The van der Waals surface area contributed by atoms with Crippen LogP contribution in [0.4, 0.5) is 30.7 Å². The molecular weight excluding hydrogens is 649 g/mol. The Hall–Kier alpha value is -4.85. The maximum atomic E-state index is 15.7. The summed E-state index contributed by atoms with van der Waals surface area (Å²) in [6.07, 6.45) is -10.9. The molecule has 0 fully saturated rings. The molecule has 2 heterocycles. The summed E-state index contributed by atoms with van der Waals surface area (Å²) in [4.78, 5) is 38.8. The zero-order valence-corrected chi connectivity index (χ0v) is 24.0. The molecule has 3 aromatic carbocycles. The van der Waals surface area contributed by atoms with Crippen LogP contribution in [0.15, 0.2) is 71.7 Å². The number of alkyl halides is 6. The number of rotatable bonds is 3. The number of aryl methyl sites for hydroxylation is 1. The van der Waals surface area contributed by atoms with Crippen LogP contribution in [0.1, 0.15) is 46.3 Å². The Bertz CT molecular complexity index is 1940. The second-order valence-electron chi connectivity index (χ2n) is 10.4. The van der Waals surface area contributed by atoms with E-state index in [-0.39, 0.29) is 34.3 Å². The number of aliphatic carboxylic acids is 1. The normalized spacial score (nSPS) is 16.7. The van der Waals surface area contributed by atoms with Gasteiger partial charge in [-0.05, 0) is 53.9 Å². The highest BCUT2D eigenvalue weighted by atomic mass is 35.5. The van der Waals surface area contributed by atoms with Gasteiger partial charge in [0, 0.05) is 23.4 Å². The Kier molecular flexibility index (Phi) is 8.36. The molecule has 0 saturated carbocycles. The van der Waals surface area contributed by atoms with Gasteiger partial charge in [-0.2, -0.15) is 26.3 Å². The molecule has 240 valence electrons. The Balaban J connectivity index is 1.84. The van der Waals surface area contributed by atoms with Crippen molar-refractivity contribution in [2.75, 3.05) is 0 Å². The van der Waals surface area contributed by atoms with Gasteiger partial charge in [0.15, 0.2) is 0 Å². The molecule has 46 heavy (non-hydrogen) atoms. The van der Waals surface area contributed by atoms with Gasteiger partial charge >= 0.3 is 18.3 Å². The van der Waals surface area contributed by atoms with Gasteiger partial charge in [0.1, 0.15) is 23.4 Å². The molecule has 1 amide bonds. The number of aromatic nitrogens is 1. The summed E-state index contributed by atoms with van der Waals surface area (Å²) < 4.78 is 105. The van der Waals surface area contributed by atoms with Crippen molar-refractivity contribution in [2.45, 2.75) is 37.8 Å². The largest absolute Gasteiger partial charge is 0.481 e.